The summed E-state index contributed by atoms with van der Waals surface area (Å²) >= 11 is 0. The Morgan fingerprint density at radius 3 is 1.67 bits per heavy atom. The van der Waals surface area contributed by atoms with Gasteiger partial charge in [-0.05, 0) is 56.6 Å². The van der Waals surface area contributed by atoms with Crippen molar-refractivity contribution in [2.45, 2.75) is 0 Å². The van der Waals surface area contributed by atoms with Crippen LogP contribution in [-0.2, 0) is 0 Å². The van der Waals surface area contributed by atoms with Gasteiger partial charge in [0.15, 0.2) is 0 Å². The second-order valence-electron chi connectivity index (χ2n) is 5.72. The van der Waals surface area contributed by atoms with E-state index in [9.17, 15) is 0 Å². The van der Waals surface area contributed by atoms with Crippen LogP contribution in [0.4, 0.5) is 0 Å². The quantitative estimate of drug-likeness (QED) is 0.289. The van der Waals surface area contributed by atoms with Crippen LogP contribution in [0.15, 0.2) is 97.1 Å². The molecule has 0 unspecified atom stereocenters. The van der Waals surface area contributed by atoms with E-state index in [1.165, 1.54) is 32.3 Å². The fourth-order valence-electron chi connectivity index (χ4n) is 2.86. The third-order valence-electron chi connectivity index (χ3n) is 4.10. The Kier molecular flexibility index (Phi) is 3.95. The molecule has 0 nitrogen and oxygen atoms in total. The summed E-state index contributed by atoms with van der Waals surface area (Å²) in [6.07, 6.45) is 0. The number of rotatable bonds is 0. The van der Waals surface area contributed by atoms with Gasteiger partial charge in [0.05, 0.1) is 0 Å². The first-order valence-corrected chi connectivity index (χ1v) is 8.05. The van der Waals surface area contributed by atoms with Crippen molar-refractivity contribution in [3.05, 3.63) is 109 Å². The van der Waals surface area contributed by atoms with Crippen molar-refractivity contribution >= 4 is 32.3 Å². The molecule has 112 valence electrons. The van der Waals surface area contributed by atoms with Gasteiger partial charge in [-0.2, -0.15) is 0 Å². The topological polar surface area (TPSA) is 0 Å². The van der Waals surface area contributed by atoms with Gasteiger partial charge < -0.3 is 0 Å². The Bertz CT molecular complexity index is 936. The average molecular weight is 304 g/mol. The first-order valence-electron chi connectivity index (χ1n) is 8.05. The molecule has 0 amide bonds. The van der Waals surface area contributed by atoms with Gasteiger partial charge in [-0.15, -0.1) is 0 Å². The minimum Gasteiger partial charge on any atom is -0.0616 e. The van der Waals surface area contributed by atoms with Gasteiger partial charge in [0.2, 0.25) is 0 Å². The lowest BCUT2D eigenvalue weighted by atomic mass is 10.0. The van der Waals surface area contributed by atoms with Crippen molar-refractivity contribution in [1.29, 1.82) is 0 Å². The molecule has 0 spiro atoms. The molecule has 24 heavy (non-hydrogen) atoms. The van der Waals surface area contributed by atoms with E-state index in [0.29, 0.717) is 0 Å². The summed E-state index contributed by atoms with van der Waals surface area (Å²) in [4.78, 5) is 0. The maximum atomic E-state index is 3.41. The van der Waals surface area contributed by atoms with Gasteiger partial charge in [0.25, 0.3) is 0 Å². The zero-order chi connectivity index (χ0) is 16.2. The number of hydrogen-bond donors (Lipinski definition) is 0. The van der Waals surface area contributed by atoms with E-state index in [1.807, 2.05) is 36.4 Å². The fraction of sp³-hybridized carbons (Fsp3) is 0. The lowest BCUT2D eigenvalue weighted by Crippen LogP contribution is -1.75. The normalized spacial score (nSPS) is 10.5. The Morgan fingerprint density at radius 2 is 1.04 bits per heavy atom. The van der Waals surface area contributed by atoms with Crippen LogP contribution in [0.5, 0.6) is 0 Å². The van der Waals surface area contributed by atoms with Crippen LogP contribution >= 0.6 is 0 Å². The zero-order valence-corrected chi connectivity index (χ0v) is 13.2. The maximum Gasteiger partial charge on any atom is -0.00143 e. The highest BCUT2D eigenvalue weighted by Gasteiger charge is 1.95. The van der Waals surface area contributed by atoms with Crippen LogP contribution in [-0.4, -0.2) is 0 Å². The Morgan fingerprint density at radius 1 is 0.500 bits per heavy atom. The minimum absolute atomic E-state index is 1.19. The molecule has 0 saturated heterocycles. The summed E-state index contributed by atoms with van der Waals surface area (Å²) in [6.45, 7) is 0. The molecule has 0 atom stereocenters. The third kappa shape index (κ3) is 3.00. The second kappa shape index (κ2) is 6.55. The van der Waals surface area contributed by atoms with Crippen molar-refractivity contribution in [3.8, 4) is 0 Å². The van der Waals surface area contributed by atoms with Gasteiger partial charge >= 0.3 is 0 Å². The Balaban J connectivity index is 0.000000129. The second-order valence-corrected chi connectivity index (χ2v) is 5.72. The van der Waals surface area contributed by atoms with Gasteiger partial charge in [-0.25, -0.2) is 0 Å². The SMILES string of the molecule is [c]1c2ccccc2cc2ccccc12.[c]1ccc2ccccc2c1. The Hall–Kier alpha value is -3.12. The van der Waals surface area contributed by atoms with Gasteiger partial charge in [0, 0.05) is 0 Å². The van der Waals surface area contributed by atoms with Crippen LogP contribution in [0.3, 0.4) is 0 Å². The largest absolute Gasteiger partial charge is 0.0616 e. The molecule has 0 bridgehead atoms. The minimum atomic E-state index is 1.19. The molecule has 5 rings (SSSR count). The van der Waals surface area contributed by atoms with Crippen LogP contribution in [0, 0.1) is 12.1 Å². The number of fused-ring (bicyclic) bond motifs is 3. The predicted molar refractivity (Wildman–Crippen MR) is 103 cm³/mol. The molecule has 0 saturated carbocycles. The van der Waals surface area contributed by atoms with Crippen LogP contribution in [0.2, 0.25) is 0 Å². The lowest BCUT2D eigenvalue weighted by molar-refractivity contribution is 1.74. The molecule has 0 N–H and O–H groups in total. The smallest absolute Gasteiger partial charge is 0.00143 e. The molecule has 5 aromatic carbocycles. The van der Waals surface area contributed by atoms with Crippen molar-refractivity contribution < 1.29 is 0 Å². The third-order valence-corrected chi connectivity index (χ3v) is 4.10. The van der Waals surface area contributed by atoms with E-state index in [1.54, 1.807) is 0 Å². The van der Waals surface area contributed by atoms with E-state index in [0.717, 1.165) is 0 Å². The molecule has 0 fully saturated rings. The van der Waals surface area contributed by atoms with E-state index >= 15 is 0 Å². The van der Waals surface area contributed by atoms with Gasteiger partial charge in [-0.3, -0.25) is 0 Å². The Labute approximate surface area is 142 Å². The van der Waals surface area contributed by atoms with Gasteiger partial charge in [0.1, 0.15) is 0 Å². The van der Waals surface area contributed by atoms with Gasteiger partial charge in [-0.1, -0.05) is 84.9 Å². The summed E-state index contributed by atoms with van der Waals surface area (Å²) in [5.41, 5.74) is 0. The van der Waals surface area contributed by atoms with Crippen LogP contribution in [0.1, 0.15) is 0 Å². The predicted octanol–water partition coefficient (Wildman–Crippen LogP) is 6.43. The van der Waals surface area contributed by atoms with Crippen molar-refractivity contribution in [1.82, 2.24) is 0 Å². The number of hydrogen-bond acceptors (Lipinski definition) is 0. The average Bonchev–Trinajstić information content (AvgIpc) is 2.67. The molecule has 0 aromatic heterocycles. The van der Waals surface area contributed by atoms with E-state index < -0.39 is 0 Å². The standard InChI is InChI=1S/C14H9.C10H7/c1-2-6-12-10-14-8-4-3-7-13(14)9-11(12)5-1;1-2-6-10-8-4-3-7-9(10)5-1/h1-9H;1-3,5-8H. The van der Waals surface area contributed by atoms with Crippen LogP contribution < -0.4 is 0 Å². The van der Waals surface area contributed by atoms with Crippen molar-refractivity contribution in [2.24, 2.45) is 0 Å². The molecular weight excluding hydrogens is 288 g/mol. The molecule has 0 heteroatoms. The lowest BCUT2D eigenvalue weighted by Gasteiger charge is -2.00. The molecule has 0 aliphatic carbocycles. The monoisotopic (exact) mass is 304 g/mol. The van der Waals surface area contributed by atoms with Crippen LogP contribution in [0.25, 0.3) is 32.3 Å². The molecule has 5 aromatic rings. The summed E-state index contributed by atoms with van der Waals surface area (Å²) in [6, 6.07) is 39.6. The summed E-state index contributed by atoms with van der Waals surface area (Å²) in [5, 5.41) is 7.42. The summed E-state index contributed by atoms with van der Waals surface area (Å²) in [7, 11) is 0. The first-order chi connectivity index (χ1) is 11.9. The number of benzene rings is 5. The van der Waals surface area contributed by atoms with Crippen molar-refractivity contribution in [3.63, 3.8) is 0 Å². The maximum absolute atomic E-state index is 3.41. The van der Waals surface area contributed by atoms with E-state index in [-0.39, 0.29) is 0 Å². The highest BCUT2D eigenvalue weighted by molar-refractivity contribution is 5.97. The van der Waals surface area contributed by atoms with Crippen molar-refractivity contribution in [2.75, 3.05) is 0 Å². The van der Waals surface area contributed by atoms with E-state index in [4.69, 9.17) is 0 Å². The zero-order valence-electron chi connectivity index (χ0n) is 13.2. The fourth-order valence-corrected chi connectivity index (χ4v) is 2.86. The molecule has 0 heterocycles. The molecule has 2 radical (unpaired) electrons. The highest BCUT2D eigenvalue weighted by Crippen LogP contribution is 2.21. The molecule has 0 aliphatic rings. The molecule has 0 aliphatic heterocycles. The van der Waals surface area contributed by atoms with E-state index in [2.05, 4.69) is 72.8 Å². The molecular formula is C24H16. The summed E-state index contributed by atoms with van der Waals surface area (Å²) in [5.74, 6) is 0. The summed E-state index contributed by atoms with van der Waals surface area (Å²) < 4.78 is 0. The first kappa shape index (κ1) is 14.5. The highest BCUT2D eigenvalue weighted by atomic mass is 14.0.